The summed E-state index contributed by atoms with van der Waals surface area (Å²) >= 11 is 0. The van der Waals surface area contributed by atoms with Gasteiger partial charge in [0.2, 0.25) is 11.9 Å². The third-order valence-electron chi connectivity index (χ3n) is 27.3. The molecule has 4 fully saturated rings. The molecule has 16 aromatic rings. The highest BCUT2D eigenvalue weighted by molar-refractivity contribution is 6.27. The van der Waals surface area contributed by atoms with Gasteiger partial charge in [-0.15, -0.1) is 0 Å². The van der Waals surface area contributed by atoms with Gasteiger partial charge >= 0.3 is 0 Å². The fourth-order valence-corrected chi connectivity index (χ4v) is 18.8. The zero-order chi connectivity index (χ0) is 88.8. The molecule has 0 atom stereocenters. The van der Waals surface area contributed by atoms with Crippen molar-refractivity contribution < 1.29 is 65.7 Å². The zero-order valence-electron chi connectivity index (χ0n) is 76.6. The van der Waals surface area contributed by atoms with Gasteiger partial charge in [0.25, 0.3) is 0 Å². The molecular weight excluding hydrogens is 1640 g/mol. The van der Waals surface area contributed by atoms with Gasteiger partial charge in [-0.1, -0.05) is 149 Å². The van der Waals surface area contributed by atoms with E-state index >= 15 is 0 Å². The molecule has 20 nitrogen and oxygen atoms in total. The maximum absolute atomic E-state index is 6.59. The molecule has 20 heteroatoms. The molecule has 6 aromatic heterocycles. The highest BCUT2D eigenvalue weighted by Crippen LogP contribution is 2.45. The number of hydrogen-bond acceptors (Lipinski definition) is 18. The molecule has 0 unspecified atom stereocenters. The van der Waals surface area contributed by atoms with Gasteiger partial charge in [0, 0.05) is 140 Å². The second-order valence-electron chi connectivity index (χ2n) is 37.5. The first kappa shape index (κ1) is 89.8. The number of unbranched alkanes of at least 4 members (excludes halogenated alkanes) is 8. The maximum Gasteiger partial charge on any atom is 0.235 e. The van der Waals surface area contributed by atoms with Crippen LogP contribution in [0.25, 0.3) is 144 Å². The highest BCUT2D eigenvalue weighted by Gasteiger charge is 2.40. The standard InChI is InChI=1S/C56H63N3O7.C55H61N3O7/c1-3-55(36-64-37-55)34-62-28-14-6-12-26-60-32-40-20-22-47-44(30-40)51-48(59(47)54-57-46-19-11-10-18-43(46)53(58-54)42-16-8-5-9-17-42)23-25-50-52(51)45-31-41(21-24-49(45)66-50)33-61-27-13-7-15-29-63-35-56(4-2)38-65-39-56;1-3-55(37-64-38-55)36-62-26-14-6-12-23-59-31-39-19-21-48-43(27-39)44-30-51-46(29-49(44)58(48)53-56-47-18-10-9-17-42(47)52(57-53)41-15-7-4-8-16-41)45-28-40(20-22-50(45)65-51)32-60-24-11-5-13-25-61-33-54(2)34-63-35-54/h5,8-11,16-25,30-31H,3-4,6-7,12-15,26-29,32-39H2,1-2H3;4,7-10,15-22,27-30H,3,5-6,11-14,23-26,31-38H2,1-2H3. The van der Waals surface area contributed by atoms with Crippen molar-refractivity contribution >= 4 is 109 Å². The number of furan rings is 2. The van der Waals surface area contributed by atoms with Crippen LogP contribution in [0.15, 0.2) is 215 Å². The van der Waals surface area contributed by atoms with Gasteiger partial charge in [0.1, 0.15) is 22.3 Å². The van der Waals surface area contributed by atoms with Crippen LogP contribution in [-0.2, 0) is 83.3 Å². The van der Waals surface area contributed by atoms with Gasteiger partial charge in [-0.05, 0) is 203 Å². The van der Waals surface area contributed by atoms with Crippen LogP contribution < -0.4 is 0 Å². The summed E-state index contributed by atoms with van der Waals surface area (Å²) in [6.45, 7) is 26.7. The molecular formula is C111H124N6O14. The molecule has 4 aliphatic heterocycles. The Morgan fingerprint density at radius 1 is 0.282 bits per heavy atom. The van der Waals surface area contributed by atoms with E-state index in [1.165, 1.54) is 0 Å². The van der Waals surface area contributed by atoms with Crippen molar-refractivity contribution in [3.63, 3.8) is 0 Å². The first-order valence-corrected chi connectivity index (χ1v) is 48.0. The Hall–Kier alpha value is -10.4. The van der Waals surface area contributed by atoms with Crippen molar-refractivity contribution in [3.05, 3.63) is 229 Å². The molecule has 4 aliphatic rings. The Morgan fingerprint density at radius 3 is 1.09 bits per heavy atom. The summed E-state index contributed by atoms with van der Waals surface area (Å²) in [5.41, 5.74) is 18.5. The van der Waals surface area contributed by atoms with Crippen LogP contribution in [-0.4, -0.2) is 161 Å². The normalized spacial score (nSPS) is 15.6. The van der Waals surface area contributed by atoms with Crippen LogP contribution in [0, 0.1) is 21.7 Å². The third-order valence-corrected chi connectivity index (χ3v) is 27.3. The van der Waals surface area contributed by atoms with Crippen molar-refractivity contribution in [2.75, 3.05) is 132 Å². The quantitative estimate of drug-likeness (QED) is 0.0326. The van der Waals surface area contributed by atoms with Crippen LogP contribution >= 0.6 is 0 Å². The number of benzene rings is 10. The lowest BCUT2D eigenvalue weighted by atomic mass is 9.84. The highest BCUT2D eigenvalue weighted by atomic mass is 16.5. The Balaban J connectivity index is 0.000000169. The molecule has 10 heterocycles. The van der Waals surface area contributed by atoms with Crippen LogP contribution in [0.4, 0.5) is 0 Å². The molecule has 0 bridgehead atoms. The molecule has 0 radical (unpaired) electrons. The van der Waals surface area contributed by atoms with E-state index in [-0.39, 0.29) is 21.7 Å². The van der Waals surface area contributed by atoms with Crippen molar-refractivity contribution in [1.82, 2.24) is 29.1 Å². The Morgan fingerprint density at radius 2 is 0.641 bits per heavy atom. The molecule has 0 spiro atoms. The molecule has 4 saturated heterocycles. The topological polar surface area (TPSA) is 198 Å². The molecule has 0 amide bonds. The van der Waals surface area contributed by atoms with E-state index < -0.39 is 0 Å². The summed E-state index contributed by atoms with van der Waals surface area (Å²) in [4.78, 5) is 21.2. The zero-order valence-corrected chi connectivity index (χ0v) is 76.6. The Kier molecular flexibility index (Phi) is 28.7. The average Bonchev–Trinajstić information content (AvgIpc) is 1.59. The molecule has 20 rings (SSSR count). The lowest BCUT2D eigenvalue weighted by Crippen LogP contribution is -2.45. The Labute approximate surface area is 766 Å². The number of ether oxygens (including phenoxy) is 12. The van der Waals surface area contributed by atoms with Crippen LogP contribution in [0.5, 0.6) is 0 Å². The second kappa shape index (κ2) is 41.8. The lowest BCUT2D eigenvalue weighted by Gasteiger charge is -2.40. The van der Waals surface area contributed by atoms with E-state index in [0.717, 1.165) is 356 Å². The number of aromatic nitrogens is 6. The largest absolute Gasteiger partial charge is 0.456 e. The van der Waals surface area contributed by atoms with Crippen LogP contribution in [0.1, 0.15) is 146 Å². The van der Waals surface area contributed by atoms with E-state index in [1.54, 1.807) is 0 Å². The van der Waals surface area contributed by atoms with Gasteiger partial charge in [0.15, 0.2) is 0 Å². The van der Waals surface area contributed by atoms with E-state index in [1.807, 2.05) is 24.3 Å². The summed E-state index contributed by atoms with van der Waals surface area (Å²) in [6.07, 6.45) is 15.8. The Bertz CT molecular complexity index is 6550. The molecule has 131 heavy (non-hydrogen) atoms. The first-order chi connectivity index (χ1) is 64.5. The first-order valence-electron chi connectivity index (χ1n) is 48.0. The van der Waals surface area contributed by atoms with Gasteiger partial charge in [-0.3, -0.25) is 9.13 Å². The van der Waals surface area contributed by atoms with Crippen molar-refractivity contribution in [3.8, 4) is 34.4 Å². The van der Waals surface area contributed by atoms with E-state index in [4.69, 9.17) is 85.6 Å². The number of para-hydroxylation sites is 2. The second-order valence-corrected chi connectivity index (χ2v) is 37.5. The lowest BCUT2D eigenvalue weighted by molar-refractivity contribution is -0.150. The number of fused-ring (bicyclic) bond motifs is 15. The molecule has 682 valence electrons. The predicted molar refractivity (Wildman–Crippen MR) is 520 cm³/mol. The summed E-state index contributed by atoms with van der Waals surface area (Å²) in [5.74, 6) is 1.24. The monoisotopic (exact) mass is 1760 g/mol. The fraction of sp³-hybridized carbons (Fsp3) is 0.423. The van der Waals surface area contributed by atoms with Crippen molar-refractivity contribution in [2.45, 2.75) is 150 Å². The number of rotatable bonds is 47. The van der Waals surface area contributed by atoms with Crippen molar-refractivity contribution in [1.29, 1.82) is 0 Å². The summed E-state index contributed by atoms with van der Waals surface area (Å²) in [6, 6.07) is 72.1. The molecule has 0 saturated carbocycles. The molecule has 0 N–H and O–H groups in total. The van der Waals surface area contributed by atoms with Crippen molar-refractivity contribution in [2.24, 2.45) is 21.7 Å². The summed E-state index contributed by atoms with van der Waals surface area (Å²) in [5, 5.41) is 10.7. The summed E-state index contributed by atoms with van der Waals surface area (Å²) < 4.78 is 88.2. The minimum atomic E-state index is 0.202. The van der Waals surface area contributed by atoms with E-state index in [9.17, 15) is 0 Å². The summed E-state index contributed by atoms with van der Waals surface area (Å²) in [7, 11) is 0. The average molecular weight is 1770 g/mol. The van der Waals surface area contributed by atoms with Crippen LogP contribution in [0.3, 0.4) is 0 Å². The van der Waals surface area contributed by atoms with Gasteiger partial charge in [0.05, 0.1) is 150 Å². The van der Waals surface area contributed by atoms with Gasteiger partial charge in [-0.2, -0.15) is 0 Å². The van der Waals surface area contributed by atoms with Crippen LogP contribution in [0.2, 0.25) is 0 Å². The maximum atomic E-state index is 6.59. The van der Waals surface area contributed by atoms with E-state index in [2.05, 4.69) is 219 Å². The predicted octanol–water partition coefficient (Wildman–Crippen LogP) is 24.7. The smallest absolute Gasteiger partial charge is 0.235 e. The fourth-order valence-electron chi connectivity index (χ4n) is 18.8. The third kappa shape index (κ3) is 20.3. The SMILES string of the molecule is CCC1(COCCCCCOCc2ccc3c(c2)c2cc4oc5ccc(COCCCCCOCC6(C)COC6)cc5c4cc2n3-c2nc(-c3ccccc3)c3ccccc3n2)COC1.CCC1(COCCCCCOCc2ccc3oc4ccc5c(c6cc(COCCCCCOCC7(CC)COC7)ccc6n5-c5nc(-c6ccccc6)c6ccccc6n5)c4c3c2)COC1. The number of hydrogen-bond donors (Lipinski definition) is 0. The molecule has 10 aromatic carbocycles. The van der Waals surface area contributed by atoms with E-state index in [0.29, 0.717) is 64.8 Å². The minimum absolute atomic E-state index is 0.202. The van der Waals surface area contributed by atoms with Gasteiger partial charge in [-0.25, -0.2) is 19.9 Å². The minimum Gasteiger partial charge on any atom is -0.456 e. The molecule has 0 aliphatic carbocycles. The van der Waals surface area contributed by atoms with Gasteiger partial charge < -0.3 is 65.7 Å². The number of nitrogens with zero attached hydrogens (tertiary/aromatic N) is 6.